The zero-order valence-electron chi connectivity index (χ0n) is 20.6. The number of aromatic hydroxyl groups is 1. The zero-order chi connectivity index (χ0) is 25.9. The van der Waals surface area contributed by atoms with E-state index >= 15 is 0 Å². The third-order valence-corrected chi connectivity index (χ3v) is 6.43. The van der Waals surface area contributed by atoms with Crippen LogP contribution in [0.4, 0.5) is 0 Å². The third kappa shape index (κ3) is 4.72. The van der Waals surface area contributed by atoms with Gasteiger partial charge in [0.25, 0.3) is 5.91 Å². The van der Waals surface area contributed by atoms with E-state index in [0.717, 1.165) is 17.5 Å². The highest BCUT2D eigenvalue weighted by Crippen LogP contribution is 2.46. The van der Waals surface area contributed by atoms with E-state index in [-0.39, 0.29) is 11.7 Å². The minimum absolute atomic E-state index is 0.0222. The molecule has 0 saturated heterocycles. The molecule has 0 saturated carbocycles. The van der Waals surface area contributed by atoms with Crippen LogP contribution in [-0.4, -0.2) is 44.3 Å². The number of pyridine rings is 1. The molecule has 0 spiro atoms. The van der Waals surface area contributed by atoms with Gasteiger partial charge in [-0.25, -0.2) is 0 Å². The molecule has 4 aromatic rings. The highest BCUT2D eigenvalue weighted by atomic mass is 35.5. The quantitative estimate of drug-likeness (QED) is 0.292. The molecule has 2 aromatic carbocycles. The predicted octanol–water partition coefficient (Wildman–Crippen LogP) is 5.76. The fraction of sp³-hybridized carbons (Fsp3) is 0.250. The van der Waals surface area contributed by atoms with Gasteiger partial charge in [-0.15, -0.1) is 0 Å². The van der Waals surface area contributed by atoms with Gasteiger partial charge in [0.1, 0.15) is 17.1 Å². The van der Waals surface area contributed by atoms with Crippen LogP contribution >= 0.6 is 11.6 Å². The van der Waals surface area contributed by atoms with Crippen LogP contribution in [-0.2, 0) is 6.54 Å². The van der Waals surface area contributed by atoms with Crippen LogP contribution in [0.15, 0.2) is 60.9 Å². The summed E-state index contributed by atoms with van der Waals surface area (Å²) in [5.74, 6) is 1.07. The first-order chi connectivity index (χ1) is 18.0. The number of phenolic OH excluding ortho intramolecular Hbond substituents is 1. The topological polar surface area (TPSA) is 101 Å². The first kappa shape index (κ1) is 24.6. The number of nitrogens with one attached hydrogen (secondary N) is 1. The summed E-state index contributed by atoms with van der Waals surface area (Å²) in [5, 5.41) is 18.4. The van der Waals surface area contributed by atoms with Gasteiger partial charge >= 0.3 is 0 Å². The summed E-state index contributed by atoms with van der Waals surface area (Å²) in [6, 6.07) is 13.8. The minimum atomic E-state index is -0.505. The number of amides is 1. The van der Waals surface area contributed by atoms with Crippen LogP contribution in [0.2, 0.25) is 5.02 Å². The summed E-state index contributed by atoms with van der Waals surface area (Å²) in [6.45, 7) is 5.33. The van der Waals surface area contributed by atoms with E-state index in [2.05, 4.69) is 15.2 Å². The summed E-state index contributed by atoms with van der Waals surface area (Å²) < 4.78 is 11.8. The maximum Gasteiger partial charge on any atom is 0.273 e. The lowest BCUT2D eigenvalue weighted by atomic mass is 9.95. The van der Waals surface area contributed by atoms with Gasteiger partial charge in [0, 0.05) is 35.1 Å². The largest absolute Gasteiger partial charge is 0.507 e. The predicted molar refractivity (Wildman–Crippen MR) is 140 cm³/mol. The minimum Gasteiger partial charge on any atom is -0.507 e. The Balaban J connectivity index is 1.66. The molecule has 2 N–H and O–H groups in total. The van der Waals surface area contributed by atoms with E-state index in [0.29, 0.717) is 58.8 Å². The molecule has 1 aliphatic rings. The van der Waals surface area contributed by atoms with Crippen molar-refractivity contribution in [1.29, 1.82) is 0 Å². The Morgan fingerprint density at radius 2 is 1.97 bits per heavy atom. The number of hydrogen-bond acceptors (Lipinski definition) is 6. The third-order valence-electron chi connectivity index (χ3n) is 6.20. The second kappa shape index (κ2) is 10.5. The van der Waals surface area contributed by atoms with Crippen LogP contribution in [0.1, 0.15) is 53.5 Å². The number of ether oxygens (including phenoxy) is 2. The lowest BCUT2D eigenvalue weighted by Crippen LogP contribution is -2.29. The number of rotatable bonds is 9. The zero-order valence-corrected chi connectivity index (χ0v) is 21.3. The standard InChI is InChI=1S/C28H27ClN4O4/c1-3-12-37-22-10-7-18(13-23(22)36-4-2)27-24-25(20-14-19(29)8-9-21(20)34)31-32-26(24)28(35)33(27)16-17-6-5-11-30-15-17/h5-11,13-15,27,34H,3-4,12,16H2,1-2H3,(H,31,32). The van der Waals surface area contributed by atoms with Gasteiger partial charge in [-0.2, -0.15) is 5.10 Å². The van der Waals surface area contributed by atoms with Crippen molar-refractivity contribution >= 4 is 17.5 Å². The average molecular weight is 519 g/mol. The van der Waals surface area contributed by atoms with Crippen LogP contribution in [0.3, 0.4) is 0 Å². The van der Waals surface area contributed by atoms with Crippen molar-refractivity contribution < 1.29 is 19.4 Å². The number of hydrogen-bond donors (Lipinski definition) is 2. The SMILES string of the molecule is CCCOc1ccc(C2c3c(-c4cc(Cl)ccc4O)n[nH]c3C(=O)N2Cc2cccnc2)cc1OCC. The molecule has 190 valence electrons. The fourth-order valence-corrected chi connectivity index (χ4v) is 4.76. The molecular formula is C28H27ClN4O4. The van der Waals surface area contributed by atoms with E-state index in [1.165, 1.54) is 6.07 Å². The van der Waals surface area contributed by atoms with E-state index < -0.39 is 6.04 Å². The highest BCUT2D eigenvalue weighted by Gasteiger charge is 2.43. The molecule has 2 aromatic heterocycles. The Morgan fingerprint density at radius 1 is 1.11 bits per heavy atom. The van der Waals surface area contributed by atoms with Crippen molar-refractivity contribution in [3.05, 3.63) is 88.3 Å². The monoisotopic (exact) mass is 518 g/mol. The summed E-state index contributed by atoms with van der Waals surface area (Å²) in [5.41, 5.74) is 3.65. The Morgan fingerprint density at radius 3 is 2.73 bits per heavy atom. The number of halogens is 1. The van der Waals surface area contributed by atoms with Crippen LogP contribution in [0, 0.1) is 0 Å². The van der Waals surface area contributed by atoms with Crippen molar-refractivity contribution in [2.75, 3.05) is 13.2 Å². The molecule has 8 nitrogen and oxygen atoms in total. The number of carbonyl (C=O) groups is 1. The number of carbonyl (C=O) groups excluding carboxylic acids is 1. The van der Waals surface area contributed by atoms with Crippen LogP contribution in [0.25, 0.3) is 11.3 Å². The Labute approximate surface area is 219 Å². The highest BCUT2D eigenvalue weighted by molar-refractivity contribution is 6.31. The Kier molecular flexibility index (Phi) is 7.01. The van der Waals surface area contributed by atoms with Gasteiger partial charge in [0.2, 0.25) is 0 Å². The number of aromatic nitrogens is 3. The van der Waals surface area contributed by atoms with E-state index in [9.17, 15) is 9.90 Å². The first-order valence-electron chi connectivity index (χ1n) is 12.2. The normalized spacial score (nSPS) is 14.6. The Hall–Kier alpha value is -4.04. The van der Waals surface area contributed by atoms with Gasteiger partial charge in [0.15, 0.2) is 11.5 Å². The molecule has 0 fully saturated rings. The number of phenols is 1. The van der Waals surface area contributed by atoms with Crippen molar-refractivity contribution in [1.82, 2.24) is 20.1 Å². The van der Waals surface area contributed by atoms with Crippen molar-refractivity contribution in [3.8, 4) is 28.5 Å². The summed E-state index contributed by atoms with van der Waals surface area (Å²) in [7, 11) is 0. The molecule has 0 bridgehead atoms. The number of benzene rings is 2. The lowest BCUT2D eigenvalue weighted by molar-refractivity contribution is 0.0729. The first-order valence-corrected chi connectivity index (χ1v) is 12.6. The number of H-pyrrole nitrogens is 1. The molecular weight excluding hydrogens is 492 g/mol. The number of fused-ring (bicyclic) bond motifs is 1. The maximum absolute atomic E-state index is 13.7. The van der Waals surface area contributed by atoms with E-state index in [1.807, 2.05) is 44.2 Å². The molecule has 1 atom stereocenters. The van der Waals surface area contributed by atoms with Crippen molar-refractivity contribution in [2.24, 2.45) is 0 Å². The molecule has 9 heteroatoms. The maximum atomic E-state index is 13.7. The fourth-order valence-electron chi connectivity index (χ4n) is 4.59. The molecule has 0 aliphatic carbocycles. The molecule has 3 heterocycles. The van der Waals surface area contributed by atoms with Gasteiger partial charge in [-0.1, -0.05) is 30.7 Å². The van der Waals surface area contributed by atoms with Gasteiger partial charge in [0.05, 0.1) is 19.3 Å². The van der Waals surface area contributed by atoms with E-state index in [1.54, 1.807) is 29.4 Å². The average Bonchev–Trinajstić information content (AvgIpc) is 3.44. The summed E-state index contributed by atoms with van der Waals surface area (Å²) in [6.07, 6.45) is 4.31. The second-order valence-corrected chi connectivity index (χ2v) is 9.14. The smallest absolute Gasteiger partial charge is 0.273 e. The van der Waals surface area contributed by atoms with E-state index in [4.69, 9.17) is 21.1 Å². The molecule has 1 aliphatic heterocycles. The van der Waals surface area contributed by atoms with Crippen molar-refractivity contribution in [3.63, 3.8) is 0 Å². The molecule has 1 unspecified atom stereocenters. The summed E-state index contributed by atoms with van der Waals surface area (Å²) in [4.78, 5) is 19.7. The molecule has 37 heavy (non-hydrogen) atoms. The molecule has 0 radical (unpaired) electrons. The number of aromatic amines is 1. The lowest BCUT2D eigenvalue weighted by Gasteiger charge is -2.27. The summed E-state index contributed by atoms with van der Waals surface area (Å²) >= 11 is 6.25. The van der Waals surface area contributed by atoms with Gasteiger partial charge in [-0.3, -0.25) is 14.9 Å². The van der Waals surface area contributed by atoms with Crippen LogP contribution < -0.4 is 9.47 Å². The van der Waals surface area contributed by atoms with Gasteiger partial charge in [-0.05, 0) is 60.9 Å². The van der Waals surface area contributed by atoms with Gasteiger partial charge < -0.3 is 19.5 Å². The van der Waals surface area contributed by atoms with Crippen molar-refractivity contribution in [2.45, 2.75) is 32.9 Å². The second-order valence-electron chi connectivity index (χ2n) is 8.71. The number of nitrogens with zero attached hydrogens (tertiary/aromatic N) is 3. The Bertz CT molecular complexity index is 1420. The molecule has 5 rings (SSSR count). The van der Waals surface area contributed by atoms with Crippen LogP contribution in [0.5, 0.6) is 17.2 Å². The molecule has 1 amide bonds.